The van der Waals surface area contributed by atoms with E-state index in [0.29, 0.717) is 28.7 Å². The molecule has 2 nitrogen and oxygen atoms in total. The fourth-order valence-corrected chi connectivity index (χ4v) is 3.00. The maximum atomic E-state index is 12.5. The van der Waals surface area contributed by atoms with Gasteiger partial charge in [-0.25, -0.2) is 0 Å². The molecular formula is C17H13Cl2NO. The fourth-order valence-electron chi connectivity index (χ4n) is 2.54. The van der Waals surface area contributed by atoms with E-state index in [2.05, 4.69) is 6.58 Å². The lowest BCUT2D eigenvalue weighted by Crippen LogP contribution is -2.23. The Bertz CT molecular complexity index is 722. The Kier molecular flexibility index (Phi) is 3.75. The molecule has 0 spiro atoms. The summed E-state index contributed by atoms with van der Waals surface area (Å²) in [4.78, 5) is 14.3. The van der Waals surface area contributed by atoms with E-state index >= 15 is 0 Å². The smallest absolute Gasteiger partial charge is 0.256 e. The highest BCUT2D eigenvalue weighted by Crippen LogP contribution is 2.32. The predicted octanol–water partition coefficient (Wildman–Crippen LogP) is 4.79. The Balaban J connectivity index is 1.88. The minimum absolute atomic E-state index is 0.0273. The number of nitrogens with zero attached hydrogens (tertiary/aromatic N) is 1. The van der Waals surface area contributed by atoms with Crippen LogP contribution in [0.4, 0.5) is 0 Å². The van der Waals surface area contributed by atoms with Crippen LogP contribution in [0.25, 0.3) is 6.08 Å². The quantitative estimate of drug-likeness (QED) is 0.796. The van der Waals surface area contributed by atoms with Gasteiger partial charge in [0, 0.05) is 18.1 Å². The number of fused-ring (bicyclic) bond motifs is 1. The van der Waals surface area contributed by atoms with Gasteiger partial charge in [0.05, 0.1) is 10.6 Å². The molecule has 1 heterocycles. The number of hydrogen-bond donors (Lipinski definition) is 0. The zero-order valence-corrected chi connectivity index (χ0v) is 12.8. The number of halogens is 2. The van der Waals surface area contributed by atoms with Gasteiger partial charge in [-0.2, -0.15) is 0 Å². The van der Waals surface area contributed by atoms with Crippen molar-refractivity contribution in [1.29, 1.82) is 0 Å². The summed E-state index contributed by atoms with van der Waals surface area (Å²) in [5, 5.41) is 1.18. The minimum atomic E-state index is -0.0273. The van der Waals surface area contributed by atoms with Crippen LogP contribution in [0, 0.1) is 0 Å². The number of amides is 1. The number of benzene rings is 2. The third-order valence-corrected chi connectivity index (χ3v) is 4.13. The molecule has 1 amide bonds. The van der Waals surface area contributed by atoms with Crippen molar-refractivity contribution in [2.24, 2.45) is 0 Å². The summed E-state index contributed by atoms with van der Waals surface area (Å²) in [6, 6.07) is 11.2. The first-order chi connectivity index (χ1) is 10.1. The lowest BCUT2D eigenvalue weighted by atomic mass is 10.1. The highest BCUT2D eigenvalue weighted by Gasteiger charge is 2.29. The first kappa shape index (κ1) is 14.2. The van der Waals surface area contributed by atoms with Gasteiger partial charge >= 0.3 is 0 Å². The van der Waals surface area contributed by atoms with Gasteiger partial charge in [-0.1, -0.05) is 48.0 Å². The molecule has 0 unspecified atom stereocenters. The molecule has 0 atom stereocenters. The van der Waals surface area contributed by atoms with Crippen LogP contribution < -0.4 is 0 Å². The van der Waals surface area contributed by atoms with Gasteiger partial charge in [0.2, 0.25) is 0 Å². The summed E-state index contributed by atoms with van der Waals surface area (Å²) in [6.07, 6.45) is 1.73. The molecule has 0 N–H and O–H groups in total. The van der Waals surface area contributed by atoms with Gasteiger partial charge in [0.1, 0.15) is 0 Å². The summed E-state index contributed by atoms with van der Waals surface area (Å²) in [5.41, 5.74) is 3.54. The fraction of sp³-hybridized carbons (Fsp3) is 0.118. The highest BCUT2D eigenvalue weighted by atomic mass is 35.5. The van der Waals surface area contributed by atoms with Crippen LogP contribution in [0.3, 0.4) is 0 Å². The Morgan fingerprint density at radius 1 is 1.19 bits per heavy atom. The van der Waals surface area contributed by atoms with Crippen LogP contribution in [-0.4, -0.2) is 10.8 Å². The molecule has 0 aromatic heterocycles. The van der Waals surface area contributed by atoms with Crippen molar-refractivity contribution in [3.63, 3.8) is 0 Å². The highest BCUT2D eigenvalue weighted by molar-refractivity contribution is 6.34. The Labute approximate surface area is 133 Å². The van der Waals surface area contributed by atoms with Gasteiger partial charge in [-0.3, -0.25) is 4.79 Å². The maximum Gasteiger partial charge on any atom is 0.256 e. The van der Waals surface area contributed by atoms with E-state index in [1.54, 1.807) is 17.0 Å². The number of rotatable bonds is 3. The molecule has 0 radical (unpaired) electrons. The molecule has 0 saturated carbocycles. The molecule has 3 rings (SSSR count). The van der Waals surface area contributed by atoms with Crippen molar-refractivity contribution in [1.82, 2.24) is 4.90 Å². The van der Waals surface area contributed by atoms with Crippen molar-refractivity contribution in [3.8, 4) is 0 Å². The second kappa shape index (κ2) is 5.55. The topological polar surface area (TPSA) is 20.3 Å². The molecule has 0 fully saturated rings. The van der Waals surface area contributed by atoms with Gasteiger partial charge in [0.25, 0.3) is 5.91 Å². The molecule has 106 valence electrons. The van der Waals surface area contributed by atoms with Crippen molar-refractivity contribution < 1.29 is 4.79 Å². The predicted molar refractivity (Wildman–Crippen MR) is 86.6 cm³/mol. The zero-order valence-electron chi connectivity index (χ0n) is 11.3. The molecule has 21 heavy (non-hydrogen) atoms. The van der Waals surface area contributed by atoms with Gasteiger partial charge in [0.15, 0.2) is 0 Å². The van der Waals surface area contributed by atoms with Crippen LogP contribution in [0.5, 0.6) is 0 Å². The monoisotopic (exact) mass is 317 g/mol. The maximum absolute atomic E-state index is 12.5. The molecule has 2 aromatic rings. The van der Waals surface area contributed by atoms with Crippen molar-refractivity contribution in [2.75, 3.05) is 0 Å². The summed E-state index contributed by atoms with van der Waals surface area (Å²) in [5.74, 6) is -0.0273. The molecule has 0 bridgehead atoms. The van der Waals surface area contributed by atoms with Crippen LogP contribution in [-0.2, 0) is 13.1 Å². The van der Waals surface area contributed by atoms with E-state index in [0.717, 1.165) is 16.7 Å². The minimum Gasteiger partial charge on any atom is -0.330 e. The van der Waals surface area contributed by atoms with Crippen LogP contribution in [0.2, 0.25) is 10.0 Å². The van der Waals surface area contributed by atoms with E-state index < -0.39 is 0 Å². The molecular weight excluding hydrogens is 305 g/mol. The van der Waals surface area contributed by atoms with E-state index in [4.69, 9.17) is 23.2 Å². The second-order valence-electron chi connectivity index (χ2n) is 5.03. The van der Waals surface area contributed by atoms with Crippen LogP contribution in [0.15, 0.2) is 43.0 Å². The Morgan fingerprint density at radius 2 is 1.90 bits per heavy atom. The van der Waals surface area contributed by atoms with E-state index in [1.807, 2.05) is 30.3 Å². The van der Waals surface area contributed by atoms with Crippen molar-refractivity contribution in [3.05, 3.63) is 75.3 Å². The average Bonchev–Trinajstić information content (AvgIpc) is 2.78. The number of hydrogen-bond acceptors (Lipinski definition) is 1. The van der Waals surface area contributed by atoms with E-state index in [1.165, 1.54) is 0 Å². The van der Waals surface area contributed by atoms with Crippen LogP contribution >= 0.6 is 23.2 Å². The summed E-state index contributed by atoms with van der Waals surface area (Å²) >= 11 is 12.1. The molecule has 2 aromatic carbocycles. The van der Waals surface area contributed by atoms with E-state index in [9.17, 15) is 4.79 Å². The normalized spacial score (nSPS) is 13.4. The van der Waals surface area contributed by atoms with E-state index in [-0.39, 0.29) is 5.91 Å². The largest absolute Gasteiger partial charge is 0.330 e. The molecule has 1 aliphatic rings. The molecule has 0 aliphatic carbocycles. The van der Waals surface area contributed by atoms with Crippen LogP contribution in [0.1, 0.15) is 27.0 Å². The molecule has 1 aliphatic heterocycles. The molecule has 4 heteroatoms. The SMILES string of the molecule is C=Cc1cc(Cl)c2c(c1)CN(Cc1ccc(Cl)cc1)C2=O. The summed E-state index contributed by atoms with van der Waals surface area (Å²) in [6.45, 7) is 4.86. The number of carbonyl (C=O) groups excluding carboxylic acids is 1. The first-order valence-electron chi connectivity index (χ1n) is 6.57. The lowest BCUT2D eigenvalue weighted by Gasteiger charge is -2.15. The van der Waals surface area contributed by atoms with Gasteiger partial charge in [-0.15, -0.1) is 0 Å². The third kappa shape index (κ3) is 2.69. The van der Waals surface area contributed by atoms with Crippen molar-refractivity contribution >= 4 is 35.2 Å². The van der Waals surface area contributed by atoms with Gasteiger partial charge < -0.3 is 4.90 Å². The standard InChI is InChI=1S/C17H13Cl2NO/c1-2-11-7-13-10-20(17(21)16(13)15(19)8-11)9-12-3-5-14(18)6-4-12/h2-8H,1,9-10H2. The first-order valence-corrected chi connectivity index (χ1v) is 7.32. The average molecular weight is 318 g/mol. The Hall–Kier alpha value is -1.77. The summed E-state index contributed by atoms with van der Waals surface area (Å²) in [7, 11) is 0. The van der Waals surface area contributed by atoms with Gasteiger partial charge in [-0.05, 0) is 41.0 Å². The second-order valence-corrected chi connectivity index (χ2v) is 5.87. The Morgan fingerprint density at radius 3 is 2.57 bits per heavy atom. The molecule has 0 saturated heterocycles. The summed E-state index contributed by atoms with van der Waals surface area (Å²) < 4.78 is 0. The zero-order chi connectivity index (χ0) is 15.0. The lowest BCUT2D eigenvalue weighted by molar-refractivity contribution is 0.0767. The third-order valence-electron chi connectivity index (χ3n) is 3.58. The number of carbonyl (C=O) groups is 1. The van der Waals surface area contributed by atoms with Crippen molar-refractivity contribution in [2.45, 2.75) is 13.1 Å².